The minimum atomic E-state index is -0.814. The molecule has 0 aliphatic carbocycles. The van der Waals surface area contributed by atoms with Crippen LogP contribution in [0.15, 0.2) is 18.2 Å². The lowest BCUT2D eigenvalue weighted by molar-refractivity contribution is -0.468. The molecule has 17 heavy (non-hydrogen) atoms. The van der Waals surface area contributed by atoms with E-state index in [1.165, 1.54) is 0 Å². The molecule has 1 aromatic carbocycles. The second kappa shape index (κ2) is 4.65. The smallest absolute Gasteiger partial charge is 0.262 e. The van der Waals surface area contributed by atoms with Gasteiger partial charge in [-0.25, -0.2) is 0 Å². The summed E-state index contributed by atoms with van der Waals surface area (Å²) in [7, 11) is 0. The maximum Gasteiger partial charge on any atom is 0.262 e. The maximum atomic E-state index is 11.8. The van der Waals surface area contributed by atoms with Crippen LogP contribution >= 0.6 is 0 Å². The summed E-state index contributed by atoms with van der Waals surface area (Å²) in [6.07, 6.45) is 0. The topological polar surface area (TPSA) is 60.2 Å². The predicted octanol–water partition coefficient (Wildman–Crippen LogP) is 2.43. The molecule has 1 aromatic rings. The second-order valence-electron chi connectivity index (χ2n) is 4.84. The van der Waals surface area contributed by atoms with Crippen LogP contribution in [0.4, 0.5) is 0 Å². The molecule has 0 bridgehead atoms. The molecule has 1 rings (SSSR count). The van der Waals surface area contributed by atoms with Crippen LogP contribution in [-0.4, -0.2) is 17.3 Å². The third kappa shape index (κ3) is 2.90. The second-order valence-corrected chi connectivity index (χ2v) is 4.84. The van der Waals surface area contributed by atoms with Gasteiger partial charge in [-0.3, -0.25) is 14.9 Å². The standard InChI is InChI=1S/C13H17NO3/c1-9-5-6-11(7-10(9)2)13(3,4)12(15)8-14(16)17/h5-7H,8H2,1-4H3. The van der Waals surface area contributed by atoms with Crippen molar-refractivity contribution < 1.29 is 9.72 Å². The van der Waals surface area contributed by atoms with Crippen LogP contribution in [0.5, 0.6) is 0 Å². The van der Waals surface area contributed by atoms with Crippen molar-refractivity contribution in [2.45, 2.75) is 33.1 Å². The summed E-state index contributed by atoms with van der Waals surface area (Å²) < 4.78 is 0. The SMILES string of the molecule is Cc1ccc(C(C)(C)C(=O)C[N+](=O)[O-])cc1C. The van der Waals surface area contributed by atoms with Gasteiger partial charge in [-0.1, -0.05) is 18.2 Å². The average Bonchev–Trinajstić information content (AvgIpc) is 2.20. The fraction of sp³-hybridized carbons (Fsp3) is 0.462. The zero-order chi connectivity index (χ0) is 13.2. The average molecular weight is 235 g/mol. The van der Waals surface area contributed by atoms with Crippen LogP contribution in [0, 0.1) is 24.0 Å². The van der Waals surface area contributed by atoms with Crippen LogP contribution in [0.2, 0.25) is 0 Å². The third-order valence-corrected chi connectivity index (χ3v) is 3.20. The molecule has 0 heterocycles. The highest BCUT2D eigenvalue weighted by Crippen LogP contribution is 2.26. The van der Waals surface area contributed by atoms with Gasteiger partial charge in [0.2, 0.25) is 5.78 Å². The number of hydrogen-bond acceptors (Lipinski definition) is 3. The Labute approximate surface area is 101 Å². The quantitative estimate of drug-likeness (QED) is 0.594. The Balaban J connectivity index is 3.07. The maximum absolute atomic E-state index is 11.8. The molecule has 0 fully saturated rings. The summed E-state index contributed by atoms with van der Waals surface area (Å²) in [6.45, 7) is 6.78. The van der Waals surface area contributed by atoms with Crippen molar-refractivity contribution >= 4 is 5.78 Å². The molecule has 0 saturated carbocycles. The van der Waals surface area contributed by atoms with Gasteiger partial charge in [0, 0.05) is 4.92 Å². The van der Waals surface area contributed by atoms with Crippen molar-refractivity contribution in [2.24, 2.45) is 0 Å². The number of Topliss-reactive ketones (excluding diaryl/α,β-unsaturated/α-hetero) is 1. The van der Waals surface area contributed by atoms with Gasteiger partial charge in [-0.2, -0.15) is 0 Å². The number of carbonyl (C=O) groups is 1. The van der Waals surface area contributed by atoms with Gasteiger partial charge < -0.3 is 0 Å². The van der Waals surface area contributed by atoms with E-state index in [-0.39, 0.29) is 5.78 Å². The molecule has 92 valence electrons. The Morgan fingerprint density at radius 3 is 2.35 bits per heavy atom. The monoisotopic (exact) mass is 235 g/mol. The van der Waals surface area contributed by atoms with Gasteiger partial charge in [-0.15, -0.1) is 0 Å². The Hall–Kier alpha value is -1.71. The molecular formula is C13H17NO3. The number of carbonyl (C=O) groups excluding carboxylic acids is 1. The number of nitrogens with zero attached hydrogens (tertiary/aromatic N) is 1. The zero-order valence-corrected chi connectivity index (χ0v) is 10.6. The van der Waals surface area contributed by atoms with Gasteiger partial charge in [0.1, 0.15) is 0 Å². The number of ketones is 1. The Morgan fingerprint density at radius 1 is 1.29 bits per heavy atom. The molecule has 0 aromatic heterocycles. The summed E-state index contributed by atoms with van der Waals surface area (Å²) in [6, 6.07) is 5.72. The van der Waals surface area contributed by atoms with Crippen molar-refractivity contribution in [2.75, 3.05) is 6.54 Å². The van der Waals surface area contributed by atoms with E-state index in [9.17, 15) is 14.9 Å². The molecule has 0 spiro atoms. The van der Waals surface area contributed by atoms with E-state index < -0.39 is 16.9 Å². The lowest BCUT2D eigenvalue weighted by Gasteiger charge is -2.22. The molecule has 0 saturated heterocycles. The molecule has 0 radical (unpaired) electrons. The van der Waals surface area contributed by atoms with E-state index in [0.717, 1.165) is 16.7 Å². The summed E-state index contributed by atoms with van der Waals surface area (Å²) in [5, 5.41) is 10.4. The van der Waals surface area contributed by atoms with E-state index in [2.05, 4.69) is 0 Å². The highest BCUT2D eigenvalue weighted by atomic mass is 16.6. The lowest BCUT2D eigenvalue weighted by atomic mass is 9.79. The van der Waals surface area contributed by atoms with Crippen LogP contribution in [0.25, 0.3) is 0 Å². The highest BCUT2D eigenvalue weighted by Gasteiger charge is 2.32. The summed E-state index contributed by atoms with van der Waals surface area (Å²) in [5.41, 5.74) is 2.24. The molecule has 0 aliphatic rings. The lowest BCUT2D eigenvalue weighted by Crippen LogP contribution is -2.34. The number of hydrogen-bond donors (Lipinski definition) is 0. The van der Waals surface area contributed by atoms with Crippen molar-refractivity contribution in [1.82, 2.24) is 0 Å². The predicted molar refractivity (Wildman–Crippen MR) is 65.8 cm³/mol. The number of rotatable bonds is 4. The molecule has 0 atom stereocenters. The van der Waals surface area contributed by atoms with E-state index in [4.69, 9.17) is 0 Å². The summed E-state index contributed by atoms with van der Waals surface area (Å²) >= 11 is 0. The molecular weight excluding hydrogens is 218 g/mol. The number of aryl methyl sites for hydroxylation is 2. The largest absolute Gasteiger partial charge is 0.291 e. The molecule has 0 amide bonds. The van der Waals surface area contributed by atoms with Gasteiger partial charge in [0.05, 0.1) is 5.41 Å². The van der Waals surface area contributed by atoms with E-state index in [1.807, 2.05) is 32.0 Å². The molecule has 0 aliphatic heterocycles. The van der Waals surface area contributed by atoms with Gasteiger partial charge in [0.15, 0.2) is 0 Å². The van der Waals surface area contributed by atoms with Crippen molar-refractivity contribution in [3.63, 3.8) is 0 Å². The van der Waals surface area contributed by atoms with Crippen LogP contribution in [0.1, 0.15) is 30.5 Å². The molecule has 4 heteroatoms. The summed E-state index contributed by atoms with van der Waals surface area (Å²) in [5.74, 6) is -0.370. The minimum Gasteiger partial charge on any atom is -0.291 e. The van der Waals surface area contributed by atoms with E-state index in [1.54, 1.807) is 13.8 Å². The van der Waals surface area contributed by atoms with Crippen LogP contribution < -0.4 is 0 Å². The van der Waals surface area contributed by atoms with Crippen LogP contribution in [0.3, 0.4) is 0 Å². The first-order valence-corrected chi connectivity index (χ1v) is 5.48. The van der Waals surface area contributed by atoms with Crippen molar-refractivity contribution in [3.05, 3.63) is 45.0 Å². The fourth-order valence-corrected chi connectivity index (χ4v) is 1.61. The first-order valence-electron chi connectivity index (χ1n) is 5.48. The van der Waals surface area contributed by atoms with Gasteiger partial charge in [-0.05, 0) is 44.4 Å². The fourth-order valence-electron chi connectivity index (χ4n) is 1.61. The Bertz CT molecular complexity index is 464. The van der Waals surface area contributed by atoms with E-state index >= 15 is 0 Å². The van der Waals surface area contributed by atoms with Crippen LogP contribution in [-0.2, 0) is 10.2 Å². The third-order valence-electron chi connectivity index (χ3n) is 3.20. The Morgan fingerprint density at radius 2 is 1.88 bits per heavy atom. The van der Waals surface area contributed by atoms with Crippen molar-refractivity contribution in [1.29, 1.82) is 0 Å². The highest BCUT2D eigenvalue weighted by molar-refractivity contribution is 5.90. The Kier molecular flexibility index (Phi) is 3.66. The van der Waals surface area contributed by atoms with Gasteiger partial charge in [0.25, 0.3) is 6.54 Å². The van der Waals surface area contributed by atoms with E-state index in [0.29, 0.717) is 0 Å². The number of nitro groups is 1. The van der Waals surface area contributed by atoms with Gasteiger partial charge >= 0.3 is 0 Å². The minimum absolute atomic E-state index is 0.370. The first kappa shape index (κ1) is 13.4. The summed E-state index contributed by atoms with van der Waals surface area (Å²) in [4.78, 5) is 21.6. The normalized spacial score (nSPS) is 11.3. The number of benzene rings is 1. The molecule has 0 N–H and O–H groups in total. The zero-order valence-electron chi connectivity index (χ0n) is 10.6. The molecule has 4 nitrogen and oxygen atoms in total. The first-order chi connectivity index (χ1) is 7.75. The van der Waals surface area contributed by atoms with Crippen molar-refractivity contribution in [3.8, 4) is 0 Å². The molecule has 0 unspecified atom stereocenters.